The number of carbonyl (C=O) groups excluding carboxylic acids is 1. The minimum Gasteiger partial charge on any atom is -0.360 e. The Hall–Kier alpha value is -1.66. The van der Waals surface area contributed by atoms with Crippen LogP contribution in [0, 0.1) is 13.8 Å². The smallest absolute Gasteiger partial charge is 0.360 e. The number of aryl methyl sites for hydroxylation is 2. The summed E-state index contributed by atoms with van der Waals surface area (Å²) in [5, 5.41) is 5.53. The maximum atomic E-state index is 12.9. The molecule has 8 nitrogen and oxygen atoms in total. The zero-order valence-corrected chi connectivity index (χ0v) is 16.2. The van der Waals surface area contributed by atoms with E-state index < -0.39 is 34.7 Å². The molecule has 27 heavy (non-hydrogen) atoms. The van der Waals surface area contributed by atoms with Crippen molar-refractivity contribution in [1.82, 2.24) is 19.7 Å². The monoisotopic (exact) mass is 412 g/mol. The summed E-state index contributed by atoms with van der Waals surface area (Å²) >= 11 is 0. The molecule has 1 amide bonds. The summed E-state index contributed by atoms with van der Waals surface area (Å²) in [4.78, 5) is 13.7. The normalized spacial score (nSPS) is 18.9. The lowest BCUT2D eigenvalue weighted by molar-refractivity contribution is -0.141. The highest BCUT2D eigenvalue weighted by Crippen LogP contribution is 2.24. The summed E-state index contributed by atoms with van der Waals surface area (Å²) in [7, 11) is -3.80. The fraction of sp³-hybridized carbons (Fsp3) is 0.733. The maximum Gasteiger partial charge on any atom is 0.405 e. The Morgan fingerprint density at radius 2 is 1.93 bits per heavy atom. The largest absolute Gasteiger partial charge is 0.405 e. The first-order valence-corrected chi connectivity index (χ1v) is 9.89. The van der Waals surface area contributed by atoms with E-state index in [2.05, 4.69) is 5.16 Å². The van der Waals surface area contributed by atoms with Crippen LogP contribution in [0.3, 0.4) is 0 Å². The first kappa shape index (κ1) is 21.6. The summed E-state index contributed by atoms with van der Waals surface area (Å²) in [5.74, 6) is -0.539. The molecule has 1 aliphatic rings. The molecule has 1 aromatic rings. The van der Waals surface area contributed by atoms with Crippen LogP contribution in [-0.2, 0) is 14.8 Å². The van der Waals surface area contributed by atoms with E-state index in [1.807, 2.05) is 5.32 Å². The molecular formula is C15H23F3N4O4S. The topological polar surface area (TPSA) is 95.8 Å². The van der Waals surface area contributed by atoms with Crippen molar-refractivity contribution >= 4 is 15.9 Å². The molecule has 1 N–H and O–H groups in total. The molecule has 1 aromatic heterocycles. The Balaban J connectivity index is 2.04. The quantitative estimate of drug-likeness (QED) is 0.777. The second kappa shape index (κ2) is 8.15. The lowest BCUT2D eigenvalue weighted by Gasteiger charge is -2.27. The Kier molecular flexibility index (Phi) is 6.53. The first-order chi connectivity index (χ1) is 12.4. The van der Waals surface area contributed by atoms with E-state index in [9.17, 15) is 26.4 Å². The molecular weight excluding hydrogens is 389 g/mol. The average molecular weight is 412 g/mol. The molecule has 1 atom stereocenters. The van der Waals surface area contributed by atoms with Gasteiger partial charge in [-0.25, -0.2) is 8.42 Å². The minimum atomic E-state index is -4.48. The van der Waals surface area contributed by atoms with Crippen molar-refractivity contribution in [2.24, 2.45) is 0 Å². The van der Waals surface area contributed by atoms with Gasteiger partial charge in [-0.1, -0.05) is 5.16 Å². The molecule has 1 aliphatic heterocycles. The van der Waals surface area contributed by atoms with Gasteiger partial charge < -0.3 is 9.84 Å². The number of alkyl halides is 3. The Morgan fingerprint density at radius 3 is 2.48 bits per heavy atom. The second-order valence-electron chi connectivity index (χ2n) is 6.46. The third-order valence-electron chi connectivity index (χ3n) is 4.45. The van der Waals surface area contributed by atoms with Gasteiger partial charge in [0.05, 0.1) is 6.04 Å². The minimum absolute atomic E-state index is 0.0342. The lowest BCUT2D eigenvalue weighted by atomic mass is 10.2. The standard InChI is InChI=1S/C15H23F3N4O4S/c1-10-13(12(3)26-20-10)27(24,25)22-6-4-5-21(7-8-22)11(2)14(23)19-9-15(16,17)18/h11H,4-9H2,1-3H3,(H,19,23). The van der Waals surface area contributed by atoms with Crippen molar-refractivity contribution in [2.75, 3.05) is 32.7 Å². The van der Waals surface area contributed by atoms with Gasteiger partial charge in [0.25, 0.3) is 0 Å². The van der Waals surface area contributed by atoms with E-state index in [4.69, 9.17) is 4.52 Å². The highest BCUT2D eigenvalue weighted by molar-refractivity contribution is 7.89. The molecule has 2 heterocycles. The van der Waals surface area contributed by atoms with Crippen LogP contribution in [0.2, 0.25) is 0 Å². The number of amides is 1. The summed E-state index contributed by atoms with van der Waals surface area (Å²) in [6.07, 6.45) is -4.03. The lowest BCUT2D eigenvalue weighted by Crippen LogP contribution is -2.48. The number of halogens is 3. The number of nitrogens with zero attached hydrogens (tertiary/aromatic N) is 3. The summed E-state index contributed by atoms with van der Waals surface area (Å²) < 4.78 is 68.7. The summed E-state index contributed by atoms with van der Waals surface area (Å²) in [6.45, 7) is 4.14. The Morgan fingerprint density at radius 1 is 1.26 bits per heavy atom. The van der Waals surface area contributed by atoms with Gasteiger partial charge in [-0.2, -0.15) is 17.5 Å². The number of rotatable bonds is 5. The average Bonchev–Trinajstić information content (AvgIpc) is 2.77. The van der Waals surface area contributed by atoms with Crippen molar-refractivity contribution in [3.8, 4) is 0 Å². The number of sulfonamides is 1. The summed E-state index contributed by atoms with van der Waals surface area (Å²) in [6, 6.07) is -0.797. The van der Waals surface area contributed by atoms with Crippen molar-refractivity contribution in [3.63, 3.8) is 0 Å². The number of carbonyl (C=O) groups is 1. The van der Waals surface area contributed by atoms with Gasteiger partial charge in [0.1, 0.15) is 17.1 Å². The molecule has 1 saturated heterocycles. The number of nitrogens with one attached hydrogen (secondary N) is 1. The van der Waals surface area contributed by atoms with Crippen LogP contribution in [0.25, 0.3) is 0 Å². The van der Waals surface area contributed by atoms with Gasteiger partial charge in [-0.3, -0.25) is 9.69 Å². The van der Waals surface area contributed by atoms with Crippen LogP contribution in [0.5, 0.6) is 0 Å². The van der Waals surface area contributed by atoms with Crippen LogP contribution < -0.4 is 5.32 Å². The van der Waals surface area contributed by atoms with E-state index >= 15 is 0 Å². The molecule has 0 radical (unpaired) electrons. The molecule has 12 heteroatoms. The van der Waals surface area contributed by atoms with Crippen LogP contribution in [0.15, 0.2) is 9.42 Å². The fourth-order valence-electron chi connectivity index (χ4n) is 3.01. The van der Waals surface area contributed by atoms with E-state index in [0.717, 1.165) is 0 Å². The van der Waals surface area contributed by atoms with E-state index in [0.29, 0.717) is 13.0 Å². The van der Waals surface area contributed by atoms with Gasteiger partial charge >= 0.3 is 6.18 Å². The summed E-state index contributed by atoms with van der Waals surface area (Å²) in [5.41, 5.74) is 0.272. The fourth-order valence-corrected chi connectivity index (χ4v) is 4.78. The van der Waals surface area contributed by atoms with Gasteiger partial charge in [-0.15, -0.1) is 0 Å². The Bertz CT molecular complexity index is 759. The predicted molar refractivity (Wildman–Crippen MR) is 89.5 cm³/mol. The van der Waals surface area contributed by atoms with Crippen LogP contribution in [0.4, 0.5) is 13.2 Å². The number of hydrogen-bond acceptors (Lipinski definition) is 6. The molecule has 0 spiro atoms. The second-order valence-corrected chi connectivity index (χ2v) is 8.33. The first-order valence-electron chi connectivity index (χ1n) is 8.45. The highest BCUT2D eigenvalue weighted by atomic mass is 32.2. The van der Waals surface area contributed by atoms with Gasteiger partial charge in [0.2, 0.25) is 15.9 Å². The SMILES string of the molecule is Cc1noc(C)c1S(=O)(=O)N1CCCN(C(C)C(=O)NCC(F)(F)F)CC1. The Labute approximate surface area is 155 Å². The van der Waals surface area contributed by atoms with Crippen molar-refractivity contribution in [1.29, 1.82) is 0 Å². The molecule has 0 bridgehead atoms. The van der Waals surface area contributed by atoms with Crippen LogP contribution in [0.1, 0.15) is 24.8 Å². The third-order valence-corrected chi connectivity index (χ3v) is 6.59. The molecule has 2 rings (SSSR count). The van der Waals surface area contributed by atoms with Gasteiger partial charge in [-0.05, 0) is 27.2 Å². The van der Waals surface area contributed by atoms with Crippen LogP contribution in [-0.4, -0.2) is 73.6 Å². The molecule has 154 valence electrons. The number of aromatic nitrogens is 1. The highest BCUT2D eigenvalue weighted by Gasteiger charge is 2.34. The maximum absolute atomic E-state index is 12.9. The zero-order valence-electron chi connectivity index (χ0n) is 15.3. The van der Waals surface area contributed by atoms with Crippen LogP contribution >= 0.6 is 0 Å². The van der Waals surface area contributed by atoms with Crippen molar-refractivity contribution in [2.45, 2.75) is 44.3 Å². The van der Waals surface area contributed by atoms with Crippen molar-refractivity contribution < 1.29 is 30.9 Å². The van der Waals surface area contributed by atoms with Gasteiger partial charge in [0.15, 0.2) is 5.76 Å². The van der Waals surface area contributed by atoms with E-state index in [1.165, 1.54) is 18.2 Å². The predicted octanol–water partition coefficient (Wildman–Crippen LogP) is 1.05. The van der Waals surface area contributed by atoms with Crippen molar-refractivity contribution in [3.05, 3.63) is 11.5 Å². The molecule has 0 aliphatic carbocycles. The number of hydrogen-bond donors (Lipinski definition) is 1. The molecule has 1 unspecified atom stereocenters. The third kappa shape index (κ3) is 5.20. The molecule has 1 fully saturated rings. The molecule has 0 saturated carbocycles. The van der Waals surface area contributed by atoms with E-state index in [1.54, 1.807) is 11.8 Å². The van der Waals surface area contributed by atoms with Gasteiger partial charge in [0, 0.05) is 26.2 Å². The molecule has 0 aromatic carbocycles. The van der Waals surface area contributed by atoms with E-state index in [-0.39, 0.29) is 36.0 Å². The zero-order chi connectivity index (χ0) is 20.4.